The normalized spacial score (nSPS) is 17.4. The summed E-state index contributed by atoms with van der Waals surface area (Å²) in [6.45, 7) is -1.68. The second kappa shape index (κ2) is 13.9. The number of methoxy groups -OCH3 is 2. The van der Waals surface area contributed by atoms with Crippen molar-refractivity contribution in [2.75, 3.05) is 38.0 Å². The summed E-state index contributed by atoms with van der Waals surface area (Å²) in [6.07, 6.45) is 2.88. The van der Waals surface area contributed by atoms with Crippen LogP contribution in [0.15, 0.2) is 32.9 Å². The zero-order valence-corrected chi connectivity index (χ0v) is 26.7. The number of thiocarbonyl (C=S) groups is 1. The van der Waals surface area contributed by atoms with E-state index >= 15 is 0 Å². The monoisotopic (exact) mass is 681 g/mol. The summed E-state index contributed by atoms with van der Waals surface area (Å²) in [5.41, 5.74) is -0.193. The second-order valence-electron chi connectivity index (χ2n) is 8.40. The fourth-order valence-electron chi connectivity index (χ4n) is 3.91. The number of carbonyl (C=O) groups is 3. The molecule has 1 amide bonds. The Morgan fingerprint density at radius 1 is 1.02 bits per heavy atom. The molecule has 2 N–H and O–H groups in total. The number of ether oxygens (including phenoxy) is 2. The number of thiazole rings is 1. The van der Waals surface area contributed by atoms with Crippen LogP contribution in [0.3, 0.4) is 0 Å². The quantitative estimate of drug-likeness (QED) is 0.145. The van der Waals surface area contributed by atoms with Crippen LogP contribution in [0.4, 0.5) is 5.69 Å². The zero-order chi connectivity index (χ0) is 30.9. The first kappa shape index (κ1) is 34.7. The zero-order valence-electron chi connectivity index (χ0n) is 22.6. The molecule has 2 aliphatic rings. The van der Waals surface area contributed by atoms with Gasteiger partial charge in [0.05, 0.1) is 45.3 Å². The van der Waals surface area contributed by atoms with Crippen molar-refractivity contribution in [3.63, 3.8) is 0 Å². The van der Waals surface area contributed by atoms with Crippen molar-refractivity contribution in [1.82, 2.24) is 9.47 Å². The first-order valence-corrected chi connectivity index (χ1v) is 16.0. The Kier molecular flexibility index (Phi) is 11.2. The molecule has 0 aliphatic carbocycles. The van der Waals surface area contributed by atoms with Crippen LogP contribution in [0.5, 0.6) is 11.5 Å². The molecule has 1 aromatic heterocycles. The van der Waals surface area contributed by atoms with Gasteiger partial charge in [0, 0.05) is 23.6 Å². The molecule has 0 spiro atoms. The number of aromatic nitrogens is 1. The molecule has 20 heteroatoms. The van der Waals surface area contributed by atoms with Crippen LogP contribution >= 0.6 is 47.1 Å². The molecule has 0 unspecified atom stereocenters. The maximum atomic E-state index is 13.3. The number of rotatable bonds is 10. The first-order valence-electron chi connectivity index (χ1n) is 11.5. The molecule has 1 saturated heterocycles. The predicted molar refractivity (Wildman–Crippen MR) is 158 cm³/mol. The summed E-state index contributed by atoms with van der Waals surface area (Å²) in [5, 5.41) is 19.0. The van der Waals surface area contributed by atoms with E-state index in [4.69, 9.17) is 26.8 Å². The third-order valence-electron chi connectivity index (χ3n) is 5.72. The molecule has 3 heterocycles. The Morgan fingerprint density at radius 2 is 1.65 bits per heavy atom. The summed E-state index contributed by atoms with van der Waals surface area (Å²) < 4.78 is 45.8. The van der Waals surface area contributed by atoms with Gasteiger partial charge in [-0.3, -0.25) is 28.6 Å². The molecule has 0 radical (unpaired) electrons. The molecule has 1 aromatic carbocycles. The average molecular weight is 682 g/mol. The Labute approximate surface area is 273 Å². The van der Waals surface area contributed by atoms with Gasteiger partial charge in [-0.15, -0.1) is 11.3 Å². The van der Waals surface area contributed by atoms with Crippen LogP contribution in [-0.4, -0.2) is 87.9 Å². The molecule has 1 fully saturated rings. The predicted octanol–water partition coefficient (Wildman–Crippen LogP) is -3.15. The molecule has 0 bridgehead atoms. The summed E-state index contributed by atoms with van der Waals surface area (Å²) in [7, 11) is -1.70. The number of carboxylic acids is 2. The van der Waals surface area contributed by atoms with Crippen molar-refractivity contribution in [1.29, 1.82) is 0 Å². The van der Waals surface area contributed by atoms with Gasteiger partial charge in [0.15, 0.2) is 11.5 Å². The number of benzene rings is 1. The minimum atomic E-state index is -4.57. The number of nitrogens with zero attached hydrogens (tertiary/aromatic N) is 3. The smallest absolute Gasteiger partial charge is 0.748 e. The third-order valence-corrected chi connectivity index (χ3v) is 10.2. The van der Waals surface area contributed by atoms with Crippen LogP contribution in [-0.2, 0) is 31.0 Å². The van der Waals surface area contributed by atoms with E-state index in [1.807, 2.05) is 0 Å². The van der Waals surface area contributed by atoms with Crippen LogP contribution < -0.4 is 48.0 Å². The molecule has 2 aromatic rings. The van der Waals surface area contributed by atoms with Crippen LogP contribution in [0, 0.1) is 0 Å². The fourth-order valence-corrected chi connectivity index (χ4v) is 7.87. The van der Waals surface area contributed by atoms with Crippen molar-refractivity contribution in [3.05, 3.63) is 42.8 Å². The van der Waals surface area contributed by atoms with Gasteiger partial charge in [-0.05, 0) is 12.2 Å². The summed E-state index contributed by atoms with van der Waals surface area (Å²) in [5.74, 6) is -3.36. The molecular formula is C23H20LiN3O11S5. The van der Waals surface area contributed by atoms with Gasteiger partial charge in [-0.2, -0.15) is 0 Å². The summed E-state index contributed by atoms with van der Waals surface area (Å²) in [6, 6.07) is 3.29. The van der Waals surface area contributed by atoms with E-state index in [9.17, 15) is 37.3 Å². The number of anilines is 1. The number of amides is 1. The standard InChI is InChI=1S/C23H21N3O11S5.Li/c1-36-12-7-11-15(8-13(12)37-2)39-16(24(11)5-6-42(33,34)35)4-3-14-20(31)25(9-17(27)28)22(40-14)19-21(32)26(10-18(29)30)23(38)41-19;/h3-4,7-8H,5-6,9-10H2,1-2H3,(H,27,28)(H,29,30)(H,33,34,35);/q;+1/p-1/b14-3?,16-4?,22-19+;. The van der Waals surface area contributed by atoms with Gasteiger partial charge in [-0.1, -0.05) is 35.7 Å². The van der Waals surface area contributed by atoms with E-state index in [-0.39, 0.29) is 43.8 Å². The molecule has 0 atom stereocenters. The van der Waals surface area contributed by atoms with Gasteiger partial charge < -0.3 is 29.1 Å². The van der Waals surface area contributed by atoms with Crippen molar-refractivity contribution in [2.24, 2.45) is 0 Å². The number of thioether (sulfide) groups is 2. The number of fused-ring (bicyclic) bond motifs is 1. The number of hydrogen-bond acceptors (Lipinski definition) is 14. The van der Waals surface area contributed by atoms with Crippen molar-refractivity contribution >= 4 is 96.0 Å². The van der Waals surface area contributed by atoms with E-state index in [2.05, 4.69) is 0 Å². The van der Waals surface area contributed by atoms with Gasteiger partial charge in [0.25, 0.3) is 11.5 Å². The summed E-state index contributed by atoms with van der Waals surface area (Å²) >= 11 is 7.89. The molecule has 0 saturated carbocycles. The molecule has 224 valence electrons. The Balaban J connectivity index is 0.00000506. The SMILES string of the molecule is COc1cc2c(cc1OC)N(CCS(=O)(=O)[O-])C(=CC=c1s/c(=C3/SC(=S)N(CC(=O)O)C3=O)n(CC(=O)O)c1=O)S2.[Li+]. The number of carboxylic acid groups (broad SMARTS) is 2. The van der Waals surface area contributed by atoms with Crippen LogP contribution in [0.1, 0.15) is 0 Å². The van der Waals surface area contributed by atoms with Gasteiger partial charge in [-0.25, -0.2) is 8.42 Å². The summed E-state index contributed by atoms with van der Waals surface area (Å²) in [4.78, 5) is 51.9. The van der Waals surface area contributed by atoms with Gasteiger partial charge >= 0.3 is 30.8 Å². The Bertz CT molecular complexity index is 1840. The van der Waals surface area contributed by atoms with E-state index in [1.165, 1.54) is 38.1 Å². The maximum Gasteiger partial charge on any atom is 1.00 e. The van der Waals surface area contributed by atoms with E-state index < -0.39 is 52.4 Å². The van der Waals surface area contributed by atoms with Crippen LogP contribution in [0.2, 0.25) is 0 Å². The van der Waals surface area contributed by atoms with Gasteiger partial charge in [0.1, 0.15) is 27.0 Å². The van der Waals surface area contributed by atoms with Crippen molar-refractivity contribution in [3.8, 4) is 11.5 Å². The molecule has 4 rings (SSSR count). The fraction of sp³-hybridized carbons (Fsp3) is 0.261. The van der Waals surface area contributed by atoms with E-state index in [1.54, 1.807) is 17.0 Å². The Hall–Kier alpha value is -2.76. The minimum Gasteiger partial charge on any atom is -0.748 e. The number of hydrogen-bond donors (Lipinski definition) is 2. The van der Waals surface area contributed by atoms with Gasteiger partial charge in [0.2, 0.25) is 0 Å². The minimum absolute atomic E-state index is 0. The average Bonchev–Trinajstić information content (AvgIpc) is 3.50. The third kappa shape index (κ3) is 7.67. The molecule has 2 aliphatic heterocycles. The van der Waals surface area contributed by atoms with E-state index in [0.29, 0.717) is 27.1 Å². The number of aliphatic carboxylic acids is 2. The second-order valence-corrected chi connectivity index (χ2v) is 13.7. The molecule has 14 nitrogen and oxygen atoms in total. The number of allylic oxidation sites excluding steroid dienone is 1. The van der Waals surface area contributed by atoms with Crippen molar-refractivity contribution in [2.45, 2.75) is 11.4 Å². The molecule has 43 heavy (non-hydrogen) atoms. The topological polar surface area (TPSA) is 196 Å². The Morgan fingerprint density at radius 3 is 2.23 bits per heavy atom. The van der Waals surface area contributed by atoms with Crippen LogP contribution in [0.25, 0.3) is 11.0 Å². The van der Waals surface area contributed by atoms with Crippen molar-refractivity contribution < 1.29 is 65.9 Å². The van der Waals surface area contributed by atoms with E-state index in [0.717, 1.165) is 32.6 Å². The first-order chi connectivity index (χ1) is 19.7. The number of carbonyl (C=O) groups excluding carboxylic acids is 1. The largest absolute Gasteiger partial charge is 1.00 e. The maximum absolute atomic E-state index is 13.3. The molecular weight excluding hydrogens is 662 g/mol.